The van der Waals surface area contributed by atoms with Crippen LogP contribution in [-0.4, -0.2) is 24.5 Å². The second-order valence-corrected chi connectivity index (χ2v) is 8.73. The number of rotatable bonds is 4. The molecule has 1 N–H and O–H groups in total. The monoisotopic (exact) mass is 391 g/mol. The first-order valence-corrected chi connectivity index (χ1v) is 10.8. The van der Waals surface area contributed by atoms with Crippen molar-refractivity contribution in [2.24, 2.45) is 0 Å². The second-order valence-electron chi connectivity index (χ2n) is 6.98. The van der Waals surface area contributed by atoms with Crippen LogP contribution in [0.5, 0.6) is 0 Å². The summed E-state index contributed by atoms with van der Waals surface area (Å²) in [5, 5.41) is 7.05. The van der Waals surface area contributed by atoms with E-state index in [2.05, 4.69) is 47.1 Å². The van der Waals surface area contributed by atoms with Crippen LogP contribution < -0.4 is 4.72 Å². The predicted octanol–water partition coefficient (Wildman–Crippen LogP) is 4.68. The van der Waals surface area contributed by atoms with Crippen molar-refractivity contribution in [1.82, 2.24) is 9.78 Å². The molecule has 4 rings (SSSR count). The molecule has 0 aliphatic heterocycles. The Bertz CT molecular complexity index is 1270. The molecule has 0 radical (unpaired) electrons. The first-order chi connectivity index (χ1) is 13.3. The minimum atomic E-state index is -3.30. The molecule has 0 atom stereocenters. The molecule has 3 aromatic carbocycles. The molecular weight excluding hydrogens is 370 g/mol. The first kappa shape index (κ1) is 18.3. The van der Waals surface area contributed by atoms with E-state index < -0.39 is 10.0 Å². The fourth-order valence-corrected chi connectivity index (χ4v) is 4.04. The van der Waals surface area contributed by atoms with Crippen LogP contribution in [0.2, 0.25) is 0 Å². The van der Waals surface area contributed by atoms with Crippen molar-refractivity contribution in [2.75, 3.05) is 11.0 Å². The minimum Gasteiger partial charge on any atom is -0.284 e. The molecule has 6 heteroatoms. The smallest absolute Gasteiger partial charge is 0.229 e. The lowest BCUT2D eigenvalue weighted by Gasteiger charge is -2.13. The molecule has 4 aromatic rings. The van der Waals surface area contributed by atoms with Crippen LogP contribution >= 0.6 is 0 Å². The number of aryl methyl sites for hydroxylation is 2. The lowest BCUT2D eigenvalue weighted by molar-refractivity contribution is 0.607. The van der Waals surface area contributed by atoms with E-state index in [1.54, 1.807) is 12.1 Å². The third kappa shape index (κ3) is 3.51. The maximum absolute atomic E-state index is 11.4. The molecule has 28 heavy (non-hydrogen) atoms. The Morgan fingerprint density at radius 3 is 2.36 bits per heavy atom. The summed E-state index contributed by atoms with van der Waals surface area (Å²) in [5.41, 5.74) is 5.65. The normalized spacial score (nSPS) is 11.7. The molecular formula is C22H21N3O2S. The summed E-state index contributed by atoms with van der Waals surface area (Å²) < 4.78 is 27.3. The summed E-state index contributed by atoms with van der Waals surface area (Å²) in [7, 11) is -3.30. The summed E-state index contributed by atoms with van der Waals surface area (Å²) in [6.45, 7) is 4.08. The Morgan fingerprint density at radius 2 is 1.64 bits per heavy atom. The largest absolute Gasteiger partial charge is 0.284 e. The van der Waals surface area contributed by atoms with Crippen LogP contribution in [0.4, 0.5) is 5.69 Å². The molecule has 0 amide bonds. The third-order valence-electron chi connectivity index (χ3n) is 4.64. The number of hydrogen-bond acceptors (Lipinski definition) is 3. The molecule has 0 saturated heterocycles. The van der Waals surface area contributed by atoms with Crippen molar-refractivity contribution in [3.8, 4) is 16.9 Å². The van der Waals surface area contributed by atoms with Gasteiger partial charge in [0.25, 0.3) is 0 Å². The first-order valence-electron chi connectivity index (χ1n) is 8.95. The SMILES string of the molecule is Cc1cc(-c2c(C)ccc3ccccc23)n(-c2ccc(NS(C)(=O)=O)cc2)n1. The van der Waals surface area contributed by atoms with Gasteiger partial charge in [-0.2, -0.15) is 5.10 Å². The minimum absolute atomic E-state index is 0.526. The fraction of sp³-hybridized carbons (Fsp3) is 0.136. The second kappa shape index (κ2) is 6.80. The molecule has 1 heterocycles. The summed E-state index contributed by atoms with van der Waals surface area (Å²) in [4.78, 5) is 0. The van der Waals surface area contributed by atoms with E-state index in [0.29, 0.717) is 5.69 Å². The van der Waals surface area contributed by atoms with Gasteiger partial charge in [-0.25, -0.2) is 13.1 Å². The van der Waals surface area contributed by atoms with Gasteiger partial charge in [0.15, 0.2) is 0 Å². The fourth-order valence-electron chi connectivity index (χ4n) is 3.48. The van der Waals surface area contributed by atoms with Crippen molar-refractivity contribution >= 4 is 26.5 Å². The van der Waals surface area contributed by atoms with Crippen LogP contribution in [0.15, 0.2) is 66.7 Å². The van der Waals surface area contributed by atoms with Crippen LogP contribution in [0.25, 0.3) is 27.7 Å². The van der Waals surface area contributed by atoms with Gasteiger partial charge < -0.3 is 0 Å². The van der Waals surface area contributed by atoms with E-state index in [1.807, 2.05) is 35.9 Å². The maximum Gasteiger partial charge on any atom is 0.229 e. The van der Waals surface area contributed by atoms with E-state index in [-0.39, 0.29) is 0 Å². The molecule has 0 bridgehead atoms. The Hall–Kier alpha value is -3.12. The molecule has 0 spiro atoms. The Balaban J connectivity index is 1.86. The van der Waals surface area contributed by atoms with Crippen molar-refractivity contribution < 1.29 is 8.42 Å². The highest BCUT2D eigenvalue weighted by Gasteiger charge is 2.15. The van der Waals surface area contributed by atoms with E-state index >= 15 is 0 Å². The Morgan fingerprint density at radius 1 is 0.929 bits per heavy atom. The van der Waals surface area contributed by atoms with Gasteiger partial charge in [-0.1, -0.05) is 36.4 Å². The number of benzene rings is 3. The number of nitrogens with zero attached hydrogens (tertiary/aromatic N) is 2. The van der Waals surface area contributed by atoms with Gasteiger partial charge in [0.05, 0.1) is 23.3 Å². The highest BCUT2D eigenvalue weighted by molar-refractivity contribution is 7.92. The molecule has 0 unspecified atom stereocenters. The van der Waals surface area contributed by atoms with E-state index in [0.717, 1.165) is 28.9 Å². The van der Waals surface area contributed by atoms with Crippen molar-refractivity contribution in [2.45, 2.75) is 13.8 Å². The molecule has 5 nitrogen and oxygen atoms in total. The quantitative estimate of drug-likeness (QED) is 0.549. The summed E-state index contributed by atoms with van der Waals surface area (Å²) in [5.74, 6) is 0. The van der Waals surface area contributed by atoms with Crippen LogP contribution in [0.1, 0.15) is 11.3 Å². The number of hydrogen-bond donors (Lipinski definition) is 1. The lowest BCUT2D eigenvalue weighted by atomic mass is 9.97. The zero-order chi connectivity index (χ0) is 19.9. The number of aromatic nitrogens is 2. The van der Waals surface area contributed by atoms with Gasteiger partial charge in [0.1, 0.15) is 0 Å². The zero-order valence-electron chi connectivity index (χ0n) is 16.0. The van der Waals surface area contributed by atoms with Gasteiger partial charge >= 0.3 is 0 Å². The Kier molecular flexibility index (Phi) is 4.43. The molecule has 1 aromatic heterocycles. The molecule has 0 saturated carbocycles. The van der Waals surface area contributed by atoms with Crippen LogP contribution in [-0.2, 0) is 10.0 Å². The van der Waals surface area contributed by atoms with Crippen molar-refractivity contribution in [3.05, 3.63) is 78.0 Å². The number of sulfonamides is 1. The Labute approximate surface area is 164 Å². The van der Waals surface area contributed by atoms with Gasteiger partial charge in [-0.15, -0.1) is 0 Å². The van der Waals surface area contributed by atoms with Crippen LogP contribution in [0.3, 0.4) is 0 Å². The standard InChI is InChI=1S/C22H21N3O2S/c1-15-8-9-17-6-4-5-7-20(17)22(15)21-14-16(2)23-25(21)19-12-10-18(11-13-19)24-28(3,26)27/h4-14,24H,1-3H3. The summed E-state index contributed by atoms with van der Waals surface area (Å²) in [6.07, 6.45) is 1.14. The lowest BCUT2D eigenvalue weighted by Crippen LogP contribution is -2.09. The molecule has 0 fully saturated rings. The van der Waals surface area contributed by atoms with Crippen LogP contribution in [0, 0.1) is 13.8 Å². The van der Waals surface area contributed by atoms with Gasteiger partial charge in [-0.3, -0.25) is 4.72 Å². The van der Waals surface area contributed by atoms with E-state index in [4.69, 9.17) is 0 Å². The molecule has 0 aliphatic rings. The van der Waals surface area contributed by atoms with Gasteiger partial charge in [-0.05, 0) is 60.5 Å². The third-order valence-corrected chi connectivity index (χ3v) is 5.25. The highest BCUT2D eigenvalue weighted by Crippen LogP contribution is 2.34. The van der Waals surface area contributed by atoms with E-state index in [9.17, 15) is 8.42 Å². The number of fused-ring (bicyclic) bond motifs is 1. The van der Waals surface area contributed by atoms with Crippen molar-refractivity contribution in [1.29, 1.82) is 0 Å². The molecule has 142 valence electrons. The zero-order valence-corrected chi connectivity index (χ0v) is 16.8. The van der Waals surface area contributed by atoms with Gasteiger partial charge in [0, 0.05) is 11.3 Å². The van der Waals surface area contributed by atoms with Gasteiger partial charge in [0.2, 0.25) is 10.0 Å². The summed E-state index contributed by atoms with van der Waals surface area (Å²) in [6, 6.07) is 21.9. The number of nitrogens with one attached hydrogen (secondary N) is 1. The van der Waals surface area contributed by atoms with E-state index in [1.165, 1.54) is 16.3 Å². The topological polar surface area (TPSA) is 64.0 Å². The predicted molar refractivity (Wildman–Crippen MR) is 114 cm³/mol. The maximum atomic E-state index is 11.4. The number of anilines is 1. The average Bonchev–Trinajstić information content (AvgIpc) is 3.02. The van der Waals surface area contributed by atoms with Crippen molar-refractivity contribution in [3.63, 3.8) is 0 Å². The molecule has 0 aliphatic carbocycles. The average molecular weight is 391 g/mol. The summed E-state index contributed by atoms with van der Waals surface area (Å²) >= 11 is 0. The highest BCUT2D eigenvalue weighted by atomic mass is 32.2.